The van der Waals surface area contributed by atoms with Crippen LogP contribution in [0.1, 0.15) is 84.1 Å². The third kappa shape index (κ3) is 7.67. The summed E-state index contributed by atoms with van der Waals surface area (Å²) in [6.07, 6.45) is 2.02. The van der Waals surface area contributed by atoms with Crippen molar-refractivity contribution in [2.45, 2.75) is 63.8 Å². The molecule has 0 bridgehead atoms. The molecule has 2 fully saturated rings. The number of ether oxygens (including phenoxy) is 2. The summed E-state index contributed by atoms with van der Waals surface area (Å²) >= 11 is 2.98. The van der Waals surface area contributed by atoms with Gasteiger partial charge in [0.1, 0.15) is 11.6 Å². The number of nitrogens with zero attached hydrogens (tertiary/aromatic N) is 6. The number of rotatable bonds is 11. The van der Waals surface area contributed by atoms with E-state index in [9.17, 15) is 19.2 Å². The number of nitrogens with two attached hydrogens (primary N) is 2. The molecule has 18 heteroatoms. The molecular formula is C40H40N10O6S2. The summed E-state index contributed by atoms with van der Waals surface area (Å²) < 4.78 is 10.6. The normalized spacial score (nSPS) is 17.6. The number of carbonyl (C=O) groups is 4. The van der Waals surface area contributed by atoms with Crippen molar-refractivity contribution >= 4 is 46.7 Å². The van der Waals surface area contributed by atoms with Crippen LogP contribution in [0.5, 0.6) is 0 Å². The summed E-state index contributed by atoms with van der Waals surface area (Å²) in [5.74, 6) is 0.534. The monoisotopic (exact) mass is 820 g/mol. The van der Waals surface area contributed by atoms with Gasteiger partial charge in [0.2, 0.25) is 12.2 Å². The molecule has 0 saturated carbocycles. The maximum Gasteiger partial charge on any atom is 0.405 e. The highest BCUT2D eigenvalue weighted by atomic mass is 32.1. The number of hydrogen-bond donors (Lipinski definition) is 4. The second-order valence-corrected chi connectivity index (χ2v) is 16.1. The zero-order valence-corrected chi connectivity index (χ0v) is 33.2. The summed E-state index contributed by atoms with van der Waals surface area (Å²) in [5, 5.41) is 1.48. The first kappa shape index (κ1) is 38.5. The predicted molar refractivity (Wildman–Crippen MR) is 215 cm³/mol. The number of benzene rings is 2. The number of carbonyl (C=O) groups excluding carboxylic acids is 4. The Hall–Kier alpha value is -6.40. The van der Waals surface area contributed by atoms with Crippen molar-refractivity contribution in [3.63, 3.8) is 0 Å². The van der Waals surface area contributed by atoms with Crippen LogP contribution in [0.15, 0.2) is 73.1 Å². The fourth-order valence-corrected chi connectivity index (χ4v) is 9.74. The van der Waals surface area contributed by atoms with Crippen molar-refractivity contribution in [3.05, 3.63) is 107 Å². The number of hydrogen-bond acceptors (Lipinski definition) is 12. The summed E-state index contributed by atoms with van der Waals surface area (Å²) in [6.45, 7) is 4.83. The molecule has 6 N–H and O–H groups in total. The van der Waals surface area contributed by atoms with Gasteiger partial charge in [0.05, 0.1) is 57.0 Å². The van der Waals surface area contributed by atoms with Crippen molar-refractivity contribution in [2.24, 2.45) is 11.5 Å². The molecule has 4 amide bonds. The van der Waals surface area contributed by atoms with Crippen LogP contribution in [0.3, 0.4) is 0 Å². The summed E-state index contributed by atoms with van der Waals surface area (Å²) in [5.41, 5.74) is 14.9. The van der Waals surface area contributed by atoms with Gasteiger partial charge in [-0.2, -0.15) is 0 Å². The Morgan fingerprint density at radius 3 is 1.45 bits per heavy atom. The third-order valence-electron chi connectivity index (χ3n) is 10.3. The van der Waals surface area contributed by atoms with E-state index in [-0.39, 0.29) is 23.9 Å². The fraction of sp³-hybridized carbons (Fsp3) is 0.300. The maximum absolute atomic E-state index is 13.8. The number of H-pyrrole nitrogens is 2. The molecule has 4 atom stereocenters. The molecular weight excluding hydrogens is 781 g/mol. The zero-order valence-electron chi connectivity index (χ0n) is 31.6. The van der Waals surface area contributed by atoms with Crippen molar-refractivity contribution in [1.82, 2.24) is 39.7 Å². The highest BCUT2D eigenvalue weighted by Gasteiger charge is 2.39. The minimum atomic E-state index is -1.16. The van der Waals surface area contributed by atoms with Gasteiger partial charge in [-0.1, -0.05) is 60.7 Å². The molecule has 6 heterocycles. The van der Waals surface area contributed by atoms with E-state index < -0.39 is 24.4 Å². The van der Waals surface area contributed by atoms with Crippen LogP contribution < -0.4 is 11.5 Å². The van der Waals surface area contributed by atoms with E-state index in [0.717, 1.165) is 55.4 Å². The largest absolute Gasteiger partial charge is 0.431 e. The van der Waals surface area contributed by atoms with E-state index in [4.69, 9.17) is 40.9 Å². The van der Waals surface area contributed by atoms with E-state index in [0.29, 0.717) is 48.7 Å². The number of thiazole rings is 2. The Labute approximate surface area is 340 Å². The van der Waals surface area contributed by atoms with Crippen LogP contribution in [-0.4, -0.2) is 76.8 Å². The average Bonchev–Trinajstić information content (AvgIpc) is 4.07. The first-order valence-corrected chi connectivity index (χ1v) is 20.4. The molecule has 0 spiro atoms. The van der Waals surface area contributed by atoms with Crippen molar-refractivity contribution in [3.8, 4) is 31.2 Å². The van der Waals surface area contributed by atoms with Gasteiger partial charge in [-0.25, -0.2) is 29.5 Å². The minimum Gasteiger partial charge on any atom is -0.431 e. The van der Waals surface area contributed by atoms with E-state index in [1.54, 1.807) is 70.7 Å². The lowest BCUT2D eigenvalue weighted by Gasteiger charge is -2.27. The zero-order chi connectivity index (χ0) is 40.5. The molecule has 2 aliphatic heterocycles. The standard InChI is InChI=1S/C40H40N10O6S2/c1-21-31(25-19-43-33(47-25)27-15-9-17-49(27)37(51)29(55-39(41)53)23-11-5-3-6-12-23)57-35(45-21)36-46-22(2)32(58-36)26-20-44-34(48-26)28-16-10-18-50(28)38(52)30(56-40(42)54)24-13-7-4-8-14-24/h3-8,11-14,19-20,27-30H,9-10,15-18H2,1-2H3,(H2,41,53)(H2,42,54)(H,43,47)(H,44,48)/t27?,28?,29-,30-/m1/s1. The number of aromatic amines is 2. The van der Waals surface area contributed by atoms with Crippen molar-refractivity contribution < 1.29 is 28.7 Å². The minimum absolute atomic E-state index is 0.344. The molecule has 0 aliphatic carbocycles. The van der Waals surface area contributed by atoms with Crippen molar-refractivity contribution in [2.75, 3.05) is 13.1 Å². The van der Waals surface area contributed by atoms with Crippen LogP contribution in [0.25, 0.3) is 31.2 Å². The lowest BCUT2D eigenvalue weighted by molar-refractivity contribution is -0.142. The van der Waals surface area contributed by atoms with Gasteiger partial charge in [0.15, 0.2) is 10.0 Å². The van der Waals surface area contributed by atoms with E-state index >= 15 is 0 Å². The number of amides is 4. The van der Waals surface area contributed by atoms with Gasteiger partial charge in [-0.15, -0.1) is 22.7 Å². The summed E-state index contributed by atoms with van der Waals surface area (Å²) in [4.78, 5) is 82.3. The predicted octanol–water partition coefficient (Wildman–Crippen LogP) is 6.66. The van der Waals surface area contributed by atoms with Gasteiger partial charge in [0.25, 0.3) is 11.8 Å². The molecule has 2 aromatic carbocycles. The van der Waals surface area contributed by atoms with Crippen LogP contribution in [0.4, 0.5) is 9.59 Å². The Morgan fingerprint density at radius 2 is 1.07 bits per heavy atom. The first-order valence-electron chi connectivity index (χ1n) is 18.7. The average molecular weight is 821 g/mol. The van der Waals surface area contributed by atoms with Crippen LogP contribution >= 0.6 is 22.7 Å². The number of nitrogens with one attached hydrogen (secondary N) is 2. The Bertz CT molecular complexity index is 2290. The lowest BCUT2D eigenvalue weighted by atomic mass is 10.1. The number of aryl methyl sites for hydroxylation is 2. The van der Waals surface area contributed by atoms with Crippen LogP contribution in [0.2, 0.25) is 0 Å². The molecule has 58 heavy (non-hydrogen) atoms. The van der Waals surface area contributed by atoms with E-state index in [2.05, 4.69) is 9.97 Å². The SMILES string of the molecule is Cc1nc(-c2nc(C)c(-c3cnc(C4CCCN4C(=O)[C@H](OC(N)=O)c4ccccc4)[nH]3)s2)sc1-c1cnc(C2CCCN2C(=O)[C@H](OC(N)=O)c2ccccc2)[nH]1. The maximum atomic E-state index is 13.8. The summed E-state index contributed by atoms with van der Waals surface area (Å²) in [7, 11) is 0. The number of aromatic nitrogens is 6. The highest BCUT2D eigenvalue weighted by Crippen LogP contribution is 2.42. The third-order valence-corrected chi connectivity index (χ3v) is 12.8. The highest BCUT2D eigenvalue weighted by molar-refractivity contribution is 7.24. The molecule has 298 valence electrons. The second kappa shape index (κ2) is 16.2. The quantitative estimate of drug-likeness (QED) is 0.109. The molecule has 2 saturated heterocycles. The lowest BCUT2D eigenvalue weighted by Crippen LogP contribution is -2.37. The van der Waals surface area contributed by atoms with Gasteiger partial charge < -0.3 is 40.7 Å². The van der Waals surface area contributed by atoms with Crippen molar-refractivity contribution in [1.29, 1.82) is 0 Å². The molecule has 2 aliphatic rings. The topological polar surface area (TPSA) is 228 Å². The number of primary amides is 2. The molecule has 16 nitrogen and oxygen atoms in total. The molecule has 0 radical (unpaired) electrons. The van der Waals surface area contributed by atoms with E-state index in [1.807, 2.05) is 26.0 Å². The Kier molecular flexibility index (Phi) is 10.8. The Balaban J connectivity index is 0.991. The number of imidazole rings is 2. The van der Waals surface area contributed by atoms with Crippen LogP contribution in [0, 0.1) is 13.8 Å². The van der Waals surface area contributed by atoms with E-state index in [1.165, 1.54) is 22.7 Å². The molecule has 8 rings (SSSR count). The van der Waals surface area contributed by atoms with Gasteiger partial charge in [0, 0.05) is 24.2 Å². The first-order chi connectivity index (χ1) is 28.0. The molecule has 2 unspecified atom stereocenters. The number of likely N-dealkylation sites (tertiary alicyclic amines) is 2. The second-order valence-electron chi connectivity index (χ2n) is 14.1. The van der Waals surface area contributed by atoms with Gasteiger partial charge in [-0.3, -0.25) is 9.59 Å². The summed E-state index contributed by atoms with van der Waals surface area (Å²) in [6, 6.07) is 17.0. The van der Waals surface area contributed by atoms with Crippen LogP contribution in [-0.2, 0) is 19.1 Å². The molecule has 4 aromatic heterocycles. The molecule has 6 aromatic rings. The fourth-order valence-electron chi connectivity index (χ4n) is 7.66. The Morgan fingerprint density at radius 1 is 0.672 bits per heavy atom. The van der Waals surface area contributed by atoms with Gasteiger partial charge >= 0.3 is 12.2 Å². The van der Waals surface area contributed by atoms with Gasteiger partial charge in [-0.05, 0) is 39.5 Å². The smallest absolute Gasteiger partial charge is 0.405 e.